The van der Waals surface area contributed by atoms with Gasteiger partial charge in [-0.2, -0.15) is 0 Å². The van der Waals surface area contributed by atoms with Gasteiger partial charge in [-0.05, 0) is 73.6 Å². The zero-order valence-corrected chi connectivity index (χ0v) is 14.6. The van der Waals surface area contributed by atoms with Gasteiger partial charge in [0.25, 0.3) is 0 Å². The molecule has 1 rings (SSSR count). The van der Waals surface area contributed by atoms with Gasteiger partial charge >= 0.3 is 0 Å². The van der Waals surface area contributed by atoms with E-state index < -0.39 is 0 Å². The molecular formula is C17H32N4. The summed E-state index contributed by atoms with van der Waals surface area (Å²) >= 11 is 0. The minimum Gasteiger partial charge on any atom is -0.309 e. The fourth-order valence-electron chi connectivity index (χ4n) is 2.08. The Morgan fingerprint density at radius 1 is 1.05 bits per heavy atom. The van der Waals surface area contributed by atoms with E-state index in [1.165, 1.54) is 6.42 Å². The van der Waals surface area contributed by atoms with E-state index in [-0.39, 0.29) is 5.54 Å². The fourth-order valence-corrected chi connectivity index (χ4v) is 2.08. The molecule has 21 heavy (non-hydrogen) atoms. The maximum atomic E-state index is 4.74. The number of nitrogens with zero attached hydrogens (tertiary/aromatic N) is 3. The molecule has 0 fully saturated rings. The molecule has 0 aliphatic rings. The molecule has 1 heterocycles. The smallest absolute Gasteiger partial charge is 0.0547 e. The second-order valence-electron chi connectivity index (χ2n) is 7.12. The van der Waals surface area contributed by atoms with E-state index in [0.29, 0.717) is 0 Å². The minimum absolute atomic E-state index is 0.126. The highest BCUT2D eigenvalue weighted by molar-refractivity contribution is 5.11. The first-order valence-electron chi connectivity index (χ1n) is 7.79. The molecule has 0 aliphatic carbocycles. The summed E-state index contributed by atoms with van der Waals surface area (Å²) < 4.78 is 0. The van der Waals surface area contributed by atoms with Crippen LogP contribution in [0.15, 0.2) is 18.2 Å². The van der Waals surface area contributed by atoms with Crippen LogP contribution in [0.25, 0.3) is 0 Å². The Kier molecular flexibility index (Phi) is 7.29. The van der Waals surface area contributed by atoms with Crippen molar-refractivity contribution in [2.75, 3.05) is 34.2 Å². The van der Waals surface area contributed by atoms with Crippen molar-refractivity contribution >= 4 is 0 Å². The van der Waals surface area contributed by atoms with Gasteiger partial charge < -0.3 is 15.1 Å². The van der Waals surface area contributed by atoms with Crippen LogP contribution in [0.3, 0.4) is 0 Å². The number of rotatable bonds is 8. The molecule has 0 spiro atoms. The molecule has 1 aromatic rings. The number of hydrogen-bond donors (Lipinski definition) is 1. The third-order valence-electron chi connectivity index (χ3n) is 3.24. The van der Waals surface area contributed by atoms with Crippen molar-refractivity contribution in [2.24, 2.45) is 0 Å². The van der Waals surface area contributed by atoms with Gasteiger partial charge in [-0.1, -0.05) is 6.07 Å². The highest BCUT2D eigenvalue weighted by Crippen LogP contribution is 2.06. The summed E-state index contributed by atoms with van der Waals surface area (Å²) in [6.07, 6.45) is 1.19. The molecular weight excluding hydrogens is 260 g/mol. The number of nitrogens with one attached hydrogen (secondary N) is 1. The van der Waals surface area contributed by atoms with Gasteiger partial charge in [-0.15, -0.1) is 0 Å². The zero-order chi connectivity index (χ0) is 15.9. The number of hydrogen-bond acceptors (Lipinski definition) is 4. The van der Waals surface area contributed by atoms with Gasteiger partial charge in [-0.3, -0.25) is 4.98 Å². The number of pyridine rings is 1. The summed E-state index contributed by atoms with van der Waals surface area (Å²) in [4.78, 5) is 9.31. The van der Waals surface area contributed by atoms with E-state index in [1.807, 2.05) is 0 Å². The van der Waals surface area contributed by atoms with Gasteiger partial charge in [0.2, 0.25) is 0 Å². The first kappa shape index (κ1) is 18.1. The van der Waals surface area contributed by atoms with Crippen LogP contribution in [-0.4, -0.2) is 54.6 Å². The van der Waals surface area contributed by atoms with Crippen molar-refractivity contribution in [3.05, 3.63) is 29.6 Å². The number of aromatic nitrogens is 1. The average molecular weight is 292 g/mol. The van der Waals surface area contributed by atoms with Crippen LogP contribution in [0, 0.1) is 0 Å². The Bertz CT molecular complexity index is 409. The van der Waals surface area contributed by atoms with Gasteiger partial charge in [-0.25, -0.2) is 0 Å². The van der Waals surface area contributed by atoms with Gasteiger partial charge in [0, 0.05) is 18.6 Å². The minimum atomic E-state index is 0.126. The van der Waals surface area contributed by atoms with Crippen molar-refractivity contribution in [2.45, 2.75) is 45.8 Å². The van der Waals surface area contributed by atoms with E-state index in [9.17, 15) is 0 Å². The van der Waals surface area contributed by atoms with E-state index >= 15 is 0 Å². The van der Waals surface area contributed by atoms with Crippen LogP contribution in [0.5, 0.6) is 0 Å². The topological polar surface area (TPSA) is 31.4 Å². The molecule has 0 unspecified atom stereocenters. The Labute approximate surface area is 130 Å². The second-order valence-corrected chi connectivity index (χ2v) is 7.12. The Morgan fingerprint density at radius 3 is 2.33 bits per heavy atom. The Balaban J connectivity index is 2.44. The van der Waals surface area contributed by atoms with Gasteiger partial charge in [0.1, 0.15) is 0 Å². The third kappa shape index (κ3) is 8.81. The third-order valence-corrected chi connectivity index (χ3v) is 3.24. The van der Waals surface area contributed by atoms with Crippen LogP contribution >= 0.6 is 0 Å². The second kappa shape index (κ2) is 8.47. The molecule has 0 saturated carbocycles. The van der Waals surface area contributed by atoms with Crippen molar-refractivity contribution in [3.8, 4) is 0 Å². The summed E-state index contributed by atoms with van der Waals surface area (Å²) in [5.41, 5.74) is 2.39. The quantitative estimate of drug-likeness (QED) is 0.797. The monoisotopic (exact) mass is 292 g/mol. The lowest BCUT2D eigenvalue weighted by atomic mass is 10.1. The molecule has 1 N–H and O–H groups in total. The maximum absolute atomic E-state index is 4.74. The van der Waals surface area contributed by atoms with Crippen molar-refractivity contribution < 1.29 is 0 Å². The molecule has 4 heteroatoms. The summed E-state index contributed by atoms with van der Waals surface area (Å²) in [6.45, 7) is 10.5. The van der Waals surface area contributed by atoms with Crippen LogP contribution in [0.1, 0.15) is 38.6 Å². The largest absolute Gasteiger partial charge is 0.309 e. The molecule has 0 amide bonds. The lowest BCUT2D eigenvalue weighted by Crippen LogP contribution is -2.35. The first-order valence-corrected chi connectivity index (χ1v) is 7.79. The van der Waals surface area contributed by atoms with Crippen LogP contribution < -0.4 is 5.32 Å². The molecule has 4 nitrogen and oxygen atoms in total. The van der Waals surface area contributed by atoms with Crippen molar-refractivity contribution in [3.63, 3.8) is 0 Å². The molecule has 120 valence electrons. The van der Waals surface area contributed by atoms with Crippen LogP contribution in [-0.2, 0) is 13.1 Å². The Morgan fingerprint density at radius 2 is 1.71 bits per heavy atom. The van der Waals surface area contributed by atoms with Gasteiger partial charge in [0.05, 0.1) is 11.4 Å². The molecule has 0 aliphatic heterocycles. The summed E-state index contributed by atoms with van der Waals surface area (Å²) in [6, 6.07) is 6.31. The average Bonchev–Trinajstić information content (AvgIpc) is 2.35. The fraction of sp³-hybridized carbons (Fsp3) is 0.706. The molecule has 0 radical (unpaired) electrons. The predicted octanol–water partition coefficient (Wildman–Crippen LogP) is 2.35. The van der Waals surface area contributed by atoms with E-state index in [0.717, 1.165) is 37.6 Å². The normalized spacial score (nSPS) is 12.4. The standard InChI is InChI=1S/C17H32N4/c1-17(2,3)18-13-15-9-7-10-16(19-15)14-21(6)12-8-11-20(4)5/h7,9-10,18H,8,11-14H2,1-6H3. The lowest BCUT2D eigenvalue weighted by molar-refractivity contribution is 0.291. The highest BCUT2D eigenvalue weighted by Gasteiger charge is 2.09. The summed E-state index contributed by atoms with van der Waals surface area (Å²) in [7, 11) is 6.40. The zero-order valence-electron chi connectivity index (χ0n) is 14.6. The van der Waals surface area contributed by atoms with Gasteiger partial charge in [0.15, 0.2) is 0 Å². The first-order chi connectivity index (χ1) is 9.76. The highest BCUT2D eigenvalue weighted by atomic mass is 15.1. The van der Waals surface area contributed by atoms with Crippen molar-refractivity contribution in [1.82, 2.24) is 20.1 Å². The molecule has 0 aromatic carbocycles. The predicted molar refractivity (Wildman–Crippen MR) is 90.3 cm³/mol. The van der Waals surface area contributed by atoms with E-state index in [1.54, 1.807) is 0 Å². The maximum Gasteiger partial charge on any atom is 0.0547 e. The summed E-state index contributed by atoms with van der Waals surface area (Å²) in [5, 5.41) is 3.48. The SMILES string of the molecule is CN(C)CCCN(C)Cc1cccc(CNC(C)(C)C)n1. The van der Waals surface area contributed by atoms with Crippen LogP contribution in [0.2, 0.25) is 0 Å². The van der Waals surface area contributed by atoms with Crippen LogP contribution in [0.4, 0.5) is 0 Å². The molecule has 0 atom stereocenters. The van der Waals surface area contributed by atoms with E-state index in [4.69, 9.17) is 4.98 Å². The van der Waals surface area contributed by atoms with Crippen molar-refractivity contribution in [1.29, 1.82) is 0 Å². The molecule has 0 bridgehead atoms. The lowest BCUT2D eigenvalue weighted by Gasteiger charge is -2.21. The molecule has 1 aromatic heterocycles. The molecule has 0 saturated heterocycles. The van der Waals surface area contributed by atoms with E-state index in [2.05, 4.69) is 75.2 Å². The summed E-state index contributed by atoms with van der Waals surface area (Å²) in [5.74, 6) is 0. The Hall–Kier alpha value is -0.970.